The fourth-order valence-corrected chi connectivity index (χ4v) is 4.34. The van der Waals surface area contributed by atoms with E-state index in [9.17, 15) is 14.7 Å². The highest BCUT2D eigenvalue weighted by Gasteiger charge is 2.41. The van der Waals surface area contributed by atoms with E-state index in [1.807, 2.05) is 19.9 Å². The highest BCUT2D eigenvalue weighted by Crippen LogP contribution is 2.41. The Morgan fingerprint density at radius 1 is 1.17 bits per heavy atom. The molecule has 0 aliphatic heterocycles. The van der Waals surface area contributed by atoms with Gasteiger partial charge in [-0.2, -0.15) is 0 Å². The van der Waals surface area contributed by atoms with E-state index in [-0.39, 0.29) is 23.2 Å². The molecule has 4 nitrogen and oxygen atoms in total. The highest BCUT2D eigenvalue weighted by atomic mass is 16.3. The molecule has 29 heavy (non-hydrogen) atoms. The predicted molar refractivity (Wildman–Crippen MR) is 119 cm³/mol. The first-order chi connectivity index (χ1) is 13.8. The van der Waals surface area contributed by atoms with Gasteiger partial charge < -0.3 is 10.4 Å². The van der Waals surface area contributed by atoms with Gasteiger partial charge in [0.15, 0.2) is 0 Å². The maximum Gasteiger partial charge on any atom is 0.233 e. The van der Waals surface area contributed by atoms with Gasteiger partial charge >= 0.3 is 0 Å². The van der Waals surface area contributed by atoms with Crippen LogP contribution in [0.3, 0.4) is 0 Å². The summed E-state index contributed by atoms with van der Waals surface area (Å²) in [4.78, 5) is 26.2. The number of hydrogen-bond acceptors (Lipinski definition) is 4. The van der Waals surface area contributed by atoms with Crippen molar-refractivity contribution >= 4 is 11.6 Å². The maximum atomic E-state index is 13.1. The molecule has 0 heterocycles. The first kappa shape index (κ1) is 23.2. The molecule has 2 atom stereocenters. The summed E-state index contributed by atoms with van der Waals surface area (Å²) in [6.45, 7) is 13.0. The van der Waals surface area contributed by atoms with E-state index >= 15 is 0 Å². The third-order valence-electron chi connectivity index (χ3n) is 6.09. The van der Waals surface area contributed by atoms with Gasteiger partial charge in [-0.25, -0.2) is 0 Å². The van der Waals surface area contributed by atoms with Crippen LogP contribution >= 0.6 is 0 Å². The van der Waals surface area contributed by atoms with Gasteiger partial charge in [-0.05, 0) is 51.9 Å². The standard InChI is InChI=1S/C25H37NO3/c1-6-8-10-11-19-22(26-14-9-7-2)24(28)21(25(29)23(19)27)20-15-17(5)12-13-18(20)16(3)4/h15,18,20,26,28H,3,6-14H2,1-2,4-5H3/t18-,20?/m0/s1. The molecule has 0 saturated heterocycles. The molecule has 2 aliphatic carbocycles. The van der Waals surface area contributed by atoms with Crippen molar-refractivity contribution in [3.8, 4) is 0 Å². The Hall–Kier alpha value is -2.10. The SMILES string of the molecule is C=C(C)[C@@H]1CCC(C)=CC1C1=C(O)C(NCCCC)=C(CCCCC)C(=O)C1=O. The zero-order chi connectivity index (χ0) is 21.6. The Labute approximate surface area is 175 Å². The summed E-state index contributed by atoms with van der Waals surface area (Å²) in [5, 5.41) is 14.5. The Bertz CT molecular complexity index is 754. The highest BCUT2D eigenvalue weighted by molar-refractivity contribution is 6.50. The molecule has 0 saturated carbocycles. The van der Waals surface area contributed by atoms with Crippen LogP contribution in [-0.2, 0) is 9.59 Å². The first-order valence-corrected chi connectivity index (χ1v) is 11.2. The van der Waals surface area contributed by atoms with E-state index in [0.29, 0.717) is 24.2 Å². The van der Waals surface area contributed by atoms with Crippen LogP contribution < -0.4 is 5.32 Å². The number of unbranched alkanes of at least 4 members (excludes halogenated alkanes) is 3. The molecule has 4 heteroatoms. The molecule has 0 amide bonds. The number of carbonyl (C=O) groups excluding carboxylic acids is 2. The lowest BCUT2D eigenvalue weighted by Crippen LogP contribution is -2.36. The van der Waals surface area contributed by atoms with E-state index in [4.69, 9.17) is 0 Å². The summed E-state index contributed by atoms with van der Waals surface area (Å²) in [5.41, 5.74) is 3.35. The van der Waals surface area contributed by atoms with Gasteiger partial charge in [0.25, 0.3) is 0 Å². The Morgan fingerprint density at radius 3 is 2.48 bits per heavy atom. The molecule has 0 fully saturated rings. The van der Waals surface area contributed by atoms with Gasteiger partial charge in [0.1, 0.15) is 5.76 Å². The minimum atomic E-state index is -0.544. The normalized spacial score (nSPS) is 22.8. The van der Waals surface area contributed by atoms with Crippen molar-refractivity contribution in [3.05, 3.63) is 46.4 Å². The van der Waals surface area contributed by atoms with Crippen molar-refractivity contribution in [1.82, 2.24) is 5.32 Å². The summed E-state index contributed by atoms with van der Waals surface area (Å²) < 4.78 is 0. The monoisotopic (exact) mass is 399 g/mol. The number of nitrogens with one attached hydrogen (secondary N) is 1. The van der Waals surface area contributed by atoms with Gasteiger partial charge in [-0.1, -0.05) is 56.9 Å². The van der Waals surface area contributed by atoms with Crippen LogP contribution in [0.4, 0.5) is 0 Å². The van der Waals surface area contributed by atoms with Crippen LogP contribution in [0.25, 0.3) is 0 Å². The molecule has 2 rings (SSSR count). The molecule has 0 aromatic carbocycles. The van der Waals surface area contributed by atoms with E-state index in [1.54, 1.807) is 0 Å². The van der Waals surface area contributed by atoms with Crippen molar-refractivity contribution in [2.45, 2.75) is 79.1 Å². The molecular formula is C25H37NO3. The van der Waals surface area contributed by atoms with Crippen LogP contribution in [0.1, 0.15) is 79.1 Å². The lowest BCUT2D eigenvalue weighted by Gasteiger charge is -2.34. The molecular weight excluding hydrogens is 362 g/mol. The second-order valence-electron chi connectivity index (χ2n) is 8.54. The van der Waals surface area contributed by atoms with E-state index < -0.39 is 11.6 Å². The zero-order valence-electron chi connectivity index (χ0n) is 18.6. The fourth-order valence-electron chi connectivity index (χ4n) is 4.34. The lowest BCUT2D eigenvalue weighted by molar-refractivity contribution is -0.133. The molecule has 0 spiro atoms. The van der Waals surface area contributed by atoms with Crippen LogP contribution in [0.2, 0.25) is 0 Å². The smallest absolute Gasteiger partial charge is 0.233 e. The maximum absolute atomic E-state index is 13.1. The van der Waals surface area contributed by atoms with E-state index in [1.165, 1.54) is 5.57 Å². The number of Topliss-reactive ketones (excluding diaryl/α,β-unsaturated/α-hetero) is 2. The number of allylic oxidation sites excluding steroid dienone is 5. The van der Waals surface area contributed by atoms with E-state index in [2.05, 4.69) is 25.7 Å². The van der Waals surface area contributed by atoms with Crippen molar-refractivity contribution in [3.63, 3.8) is 0 Å². The first-order valence-electron chi connectivity index (χ1n) is 11.2. The van der Waals surface area contributed by atoms with Crippen LogP contribution in [0.5, 0.6) is 0 Å². The fraction of sp³-hybridized carbons (Fsp3) is 0.600. The predicted octanol–water partition coefficient (Wildman–Crippen LogP) is 5.72. The van der Waals surface area contributed by atoms with Gasteiger partial charge in [-0.15, -0.1) is 0 Å². The third kappa shape index (κ3) is 5.29. The van der Waals surface area contributed by atoms with Crippen LogP contribution in [0, 0.1) is 11.8 Å². The van der Waals surface area contributed by atoms with Crippen molar-refractivity contribution < 1.29 is 14.7 Å². The summed E-state index contributed by atoms with van der Waals surface area (Å²) in [5.74, 6) is -1.26. The van der Waals surface area contributed by atoms with Gasteiger partial charge in [0, 0.05) is 18.0 Å². The number of aliphatic hydroxyl groups is 1. The van der Waals surface area contributed by atoms with Crippen molar-refractivity contribution in [1.29, 1.82) is 0 Å². The Balaban J connectivity index is 2.53. The zero-order valence-corrected chi connectivity index (χ0v) is 18.6. The number of rotatable bonds is 10. The largest absolute Gasteiger partial charge is 0.505 e. The van der Waals surface area contributed by atoms with Gasteiger partial charge in [0.2, 0.25) is 11.6 Å². The third-order valence-corrected chi connectivity index (χ3v) is 6.09. The molecule has 0 aromatic rings. The summed E-state index contributed by atoms with van der Waals surface area (Å²) in [6, 6.07) is 0. The summed E-state index contributed by atoms with van der Waals surface area (Å²) in [7, 11) is 0. The Kier molecular flexibility index (Phi) is 8.48. The molecule has 160 valence electrons. The minimum absolute atomic E-state index is 0.0283. The summed E-state index contributed by atoms with van der Waals surface area (Å²) in [6.07, 6.45) is 9.21. The quantitative estimate of drug-likeness (QED) is 0.213. The second kappa shape index (κ2) is 10.6. The molecule has 1 unspecified atom stereocenters. The topological polar surface area (TPSA) is 66.4 Å². The lowest BCUT2D eigenvalue weighted by atomic mass is 9.70. The van der Waals surface area contributed by atoms with Gasteiger partial charge in [0.05, 0.1) is 11.3 Å². The average Bonchev–Trinajstić information content (AvgIpc) is 2.68. The average molecular weight is 400 g/mol. The number of aliphatic hydroxyl groups excluding tert-OH is 1. The number of hydrogen-bond donors (Lipinski definition) is 2. The molecule has 0 radical (unpaired) electrons. The molecule has 0 bridgehead atoms. The molecule has 2 aliphatic rings. The Morgan fingerprint density at radius 2 is 1.86 bits per heavy atom. The van der Waals surface area contributed by atoms with Gasteiger partial charge in [-0.3, -0.25) is 9.59 Å². The number of carbonyl (C=O) groups is 2. The van der Waals surface area contributed by atoms with Crippen molar-refractivity contribution in [2.24, 2.45) is 11.8 Å². The van der Waals surface area contributed by atoms with Crippen LogP contribution in [0.15, 0.2) is 46.4 Å². The minimum Gasteiger partial charge on any atom is -0.505 e. The second-order valence-corrected chi connectivity index (χ2v) is 8.54. The van der Waals surface area contributed by atoms with Crippen LogP contribution in [-0.4, -0.2) is 23.2 Å². The molecule has 2 N–H and O–H groups in total. The van der Waals surface area contributed by atoms with E-state index in [0.717, 1.165) is 50.5 Å². The molecule has 0 aromatic heterocycles. The van der Waals surface area contributed by atoms with Crippen molar-refractivity contribution in [2.75, 3.05) is 6.54 Å². The summed E-state index contributed by atoms with van der Waals surface area (Å²) >= 11 is 0. The number of ketones is 2.